The molecule has 2 atom stereocenters. The van der Waals surface area contributed by atoms with E-state index in [4.69, 9.17) is 9.84 Å². The van der Waals surface area contributed by atoms with Crippen molar-refractivity contribution in [3.05, 3.63) is 29.8 Å². The van der Waals surface area contributed by atoms with E-state index in [-0.39, 0.29) is 17.7 Å². The van der Waals surface area contributed by atoms with E-state index in [1.54, 1.807) is 0 Å². The predicted octanol–water partition coefficient (Wildman–Crippen LogP) is 2.38. The summed E-state index contributed by atoms with van der Waals surface area (Å²) in [5, 5.41) is 11.8. The summed E-state index contributed by atoms with van der Waals surface area (Å²) in [5.41, 5.74) is 1.09. The molecule has 0 aliphatic heterocycles. The number of benzene rings is 1. The quantitative estimate of drug-likeness (QED) is 0.758. The molecule has 0 spiro atoms. The minimum absolute atomic E-state index is 0.0281. The Morgan fingerprint density at radius 3 is 2.68 bits per heavy atom. The topological polar surface area (TPSA) is 75.6 Å². The maximum Gasteiger partial charge on any atom is 0.306 e. The van der Waals surface area contributed by atoms with Gasteiger partial charge in [0.1, 0.15) is 5.75 Å². The average Bonchev–Trinajstić information content (AvgIpc) is 2.98. The van der Waals surface area contributed by atoms with Gasteiger partial charge in [-0.15, -0.1) is 0 Å². The van der Waals surface area contributed by atoms with E-state index in [2.05, 4.69) is 5.32 Å². The first kappa shape index (κ1) is 16.3. The van der Waals surface area contributed by atoms with Crippen LogP contribution >= 0.6 is 0 Å². The highest BCUT2D eigenvalue weighted by Crippen LogP contribution is 2.31. The fourth-order valence-electron chi connectivity index (χ4n) is 2.77. The van der Waals surface area contributed by atoms with Crippen LogP contribution in [0.3, 0.4) is 0 Å². The van der Waals surface area contributed by atoms with Crippen molar-refractivity contribution >= 4 is 11.9 Å². The molecule has 0 bridgehead atoms. The van der Waals surface area contributed by atoms with Gasteiger partial charge in [0.2, 0.25) is 5.91 Å². The lowest BCUT2D eigenvalue weighted by Gasteiger charge is -2.12. The molecule has 0 heterocycles. The van der Waals surface area contributed by atoms with Crippen LogP contribution < -0.4 is 10.1 Å². The second kappa shape index (κ2) is 7.82. The van der Waals surface area contributed by atoms with Gasteiger partial charge in [-0.25, -0.2) is 0 Å². The van der Waals surface area contributed by atoms with E-state index in [0.717, 1.165) is 17.7 Å². The number of carbonyl (C=O) groups is 2. The lowest BCUT2D eigenvalue weighted by Crippen LogP contribution is -2.31. The number of carboxylic acids is 1. The van der Waals surface area contributed by atoms with Crippen LogP contribution in [0.25, 0.3) is 0 Å². The van der Waals surface area contributed by atoms with Crippen LogP contribution in [-0.2, 0) is 9.59 Å². The number of carbonyl (C=O) groups excluding carboxylic acids is 1. The van der Waals surface area contributed by atoms with Gasteiger partial charge in [0.15, 0.2) is 0 Å². The number of aliphatic carboxylic acids is 1. The first-order valence-electron chi connectivity index (χ1n) is 7.77. The molecule has 1 aliphatic rings. The molecule has 120 valence electrons. The van der Waals surface area contributed by atoms with Crippen molar-refractivity contribution < 1.29 is 19.4 Å². The number of carboxylic acid groups (broad SMARTS) is 1. The van der Waals surface area contributed by atoms with E-state index in [9.17, 15) is 9.59 Å². The van der Waals surface area contributed by atoms with Gasteiger partial charge in [0.25, 0.3) is 0 Å². The van der Waals surface area contributed by atoms with Gasteiger partial charge in [0, 0.05) is 12.5 Å². The van der Waals surface area contributed by atoms with E-state index >= 15 is 0 Å². The summed E-state index contributed by atoms with van der Waals surface area (Å²) < 4.78 is 5.66. The molecule has 1 aliphatic carbocycles. The second-order valence-corrected chi connectivity index (χ2v) is 5.80. The molecule has 0 unspecified atom stereocenters. The molecule has 1 saturated carbocycles. The second-order valence-electron chi connectivity index (χ2n) is 5.80. The molecule has 1 fully saturated rings. The summed E-state index contributed by atoms with van der Waals surface area (Å²) in [7, 11) is 0. The molecule has 0 aromatic heterocycles. The zero-order chi connectivity index (χ0) is 15.9. The van der Waals surface area contributed by atoms with Gasteiger partial charge in [-0.2, -0.15) is 0 Å². The standard InChI is InChI=1S/C17H23NO4/c1-12-5-2-3-6-15(12)22-10-4-9-18-16(19)13-7-8-14(11-13)17(20)21/h2-3,5-6,13-14H,4,7-11H2,1H3,(H,18,19)(H,20,21)/t13-,14+/m1/s1. The number of aryl methyl sites for hydroxylation is 1. The third-order valence-corrected chi connectivity index (χ3v) is 4.12. The highest BCUT2D eigenvalue weighted by atomic mass is 16.5. The highest BCUT2D eigenvalue weighted by Gasteiger charge is 2.33. The minimum atomic E-state index is -0.790. The lowest BCUT2D eigenvalue weighted by molar-refractivity contribution is -0.141. The summed E-state index contributed by atoms with van der Waals surface area (Å²) in [5.74, 6) is -0.464. The summed E-state index contributed by atoms with van der Waals surface area (Å²) in [6.45, 7) is 3.10. The van der Waals surface area contributed by atoms with Gasteiger partial charge in [-0.3, -0.25) is 9.59 Å². The Labute approximate surface area is 130 Å². The molecule has 1 amide bonds. The Bertz CT molecular complexity index is 529. The lowest BCUT2D eigenvalue weighted by atomic mass is 10.0. The Morgan fingerprint density at radius 2 is 2.00 bits per heavy atom. The first-order valence-corrected chi connectivity index (χ1v) is 7.77. The minimum Gasteiger partial charge on any atom is -0.493 e. The van der Waals surface area contributed by atoms with Crippen molar-refractivity contribution in [1.82, 2.24) is 5.32 Å². The number of amides is 1. The highest BCUT2D eigenvalue weighted by molar-refractivity contribution is 5.80. The Hall–Kier alpha value is -2.04. The Balaban J connectivity index is 1.62. The number of para-hydroxylation sites is 1. The first-order chi connectivity index (χ1) is 10.6. The molecule has 0 saturated heterocycles. The van der Waals surface area contributed by atoms with Crippen LogP contribution in [0.5, 0.6) is 5.75 Å². The van der Waals surface area contributed by atoms with Gasteiger partial charge in [-0.1, -0.05) is 18.2 Å². The molecule has 1 aromatic rings. The third kappa shape index (κ3) is 4.48. The van der Waals surface area contributed by atoms with E-state index in [0.29, 0.717) is 32.4 Å². The number of nitrogens with one attached hydrogen (secondary N) is 1. The van der Waals surface area contributed by atoms with Crippen molar-refractivity contribution in [3.8, 4) is 5.75 Å². The van der Waals surface area contributed by atoms with Gasteiger partial charge in [-0.05, 0) is 44.2 Å². The van der Waals surface area contributed by atoms with Crippen molar-refractivity contribution in [2.75, 3.05) is 13.2 Å². The number of ether oxygens (including phenoxy) is 1. The Morgan fingerprint density at radius 1 is 1.27 bits per heavy atom. The molecule has 2 rings (SSSR count). The van der Waals surface area contributed by atoms with Crippen LogP contribution in [0.4, 0.5) is 0 Å². The van der Waals surface area contributed by atoms with Crippen molar-refractivity contribution in [2.24, 2.45) is 11.8 Å². The smallest absolute Gasteiger partial charge is 0.306 e. The average molecular weight is 305 g/mol. The summed E-state index contributed by atoms with van der Waals surface area (Å²) in [6.07, 6.45) is 2.46. The molecular weight excluding hydrogens is 282 g/mol. The number of hydrogen-bond donors (Lipinski definition) is 2. The van der Waals surface area contributed by atoms with Crippen molar-refractivity contribution in [1.29, 1.82) is 0 Å². The van der Waals surface area contributed by atoms with Crippen LogP contribution in [0.1, 0.15) is 31.2 Å². The van der Waals surface area contributed by atoms with E-state index < -0.39 is 5.97 Å². The molecule has 5 nitrogen and oxygen atoms in total. The fraction of sp³-hybridized carbons (Fsp3) is 0.529. The summed E-state index contributed by atoms with van der Waals surface area (Å²) >= 11 is 0. The van der Waals surface area contributed by atoms with Crippen LogP contribution in [0.15, 0.2) is 24.3 Å². The molecule has 2 N–H and O–H groups in total. The zero-order valence-electron chi connectivity index (χ0n) is 12.9. The van der Waals surface area contributed by atoms with Gasteiger partial charge < -0.3 is 15.2 Å². The Kier molecular flexibility index (Phi) is 5.81. The van der Waals surface area contributed by atoms with Crippen LogP contribution in [-0.4, -0.2) is 30.1 Å². The van der Waals surface area contributed by atoms with Gasteiger partial charge >= 0.3 is 5.97 Å². The van der Waals surface area contributed by atoms with Gasteiger partial charge in [0.05, 0.1) is 12.5 Å². The maximum atomic E-state index is 12.0. The molecular formula is C17H23NO4. The fourth-order valence-corrected chi connectivity index (χ4v) is 2.77. The molecule has 22 heavy (non-hydrogen) atoms. The monoisotopic (exact) mass is 305 g/mol. The predicted molar refractivity (Wildman–Crippen MR) is 82.8 cm³/mol. The van der Waals surface area contributed by atoms with E-state index in [1.165, 1.54) is 0 Å². The van der Waals surface area contributed by atoms with Crippen molar-refractivity contribution in [2.45, 2.75) is 32.6 Å². The SMILES string of the molecule is Cc1ccccc1OCCCNC(=O)[C@@H]1CC[C@H](C(=O)O)C1. The largest absolute Gasteiger partial charge is 0.493 e. The normalized spacial score (nSPS) is 20.6. The van der Waals surface area contributed by atoms with Crippen LogP contribution in [0.2, 0.25) is 0 Å². The zero-order valence-corrected chi connectivity index (χ0v) is 12.9. The van der Waals surface area contributed by atoms with E-state index in [1.807, 2.05) is 31.2 Å². The molecule has 1 aromatic carbocycles. The number of hydrogen-bond acceptors (Lipinski definition) is 3. The van der Waals surface area contributed by atoms with Crippen LogP contribution in [0, 0.1) is 18.8 Å². The number of rotatable bonds is 7. The third-order valence-electron chi connectivity index (χ3n) is 4.12. The summed E-state index contributed by atoms with van der Waals surface area (Å²) in [6, 6.07) is 7.83. The molecule has 0 radical (unpaired) electrons. The summed E-state index contributed by atoms with van der Waals surface area (Å²) in [4.78, 5) is 22.8. The maximum absolute atomic E-state index is 12.0. The van der Waals surface area contributed by atoms with Crippen molar-refractivity contribution in [3.63, 3.8) is 0 Å². The molecule has 5 heteroatoms.